The van der Waals surface area contributed by atoms with Crippen LogP contribution in [0, 0.1) is 5.92 Å². The van der Waals surface area contributed by atoms with Gasteiger partial charge in [-0.2, -0.15) is 4.98 Å². The third-order valence-electron chi connectivity index (χ3n) is 4.95. The lowest BCUT2D eigenvalue weighted by atomic mass is 9.96. The fourth-order valence-electron chi connectivity index (χ4n) is 3.55. The Bertz CT molecular complexity index is 639. The highest BCUT2D eigenvalue weighted by atomic mass is 16.5. The molecule has 0 aliphatic carbocycles. The van der Waals surface area contributed by atoms with Crippen LogP contribution < -0.4 is 5.32 Å². The van der Waals surface area contributed by atoms with E-state index in [1.807, 2.05) is 30.3 Å². The first-order valence-corrected chi connectivity index (χ1v) is 8.81. The first-order valence-electron chi connectivity index (χ1n) is 8.81. The summed E-state index contributed by atoms with van der Waals surface area (Å²) in [4.78, 5) is 7.10. The number of ether oxygens (including phenoxy) is 1. The normalized spacial score (nSPS) is 23.4. The second kappa shape index (κ2) is 7.42. The van der Waals surface area contributed by atoms with Gasteiger partial charge in [-0.1, -0.05) is 35.5 Å². The first kappa shape index (κ1) is 15.7. The van der Waals surface area contributed by atoms with Crippen LogP contribution in [0.1, 0.15) is 24.8 Å². The van der Waals surface area contributed by atoms with Crippen molar-refractivity contribution in [3.8, 4) is 11.4 Å². The zero-order valence-corrected chi connectivity index (χ0v) is 13.9. The van der Waals surface area contributed by atoms with Gasteiger partial charge in [-0.05, 0) is 31.8 Å². The van der Waals surface area contributed by atoms with E-state index in [0.717, 1.165) is 44.3 Å². The highest BCUT2D eigenvalue weighted by Crippen LogP contribution is 2.27. The fourth-order valence-corrected chi connectivity index (χ4v) is 3.55. The number of morpholine rings is 1. The van der Waals surface area contributed by atoms with Gasteiger partial charge < -0.3 is 14.6 Å². The molecule has 24 heavy (non-hydrogen) atoms. The average Bonchev–Trinajstić information content (AvgIpc) is 3.14. The van der Waals surface area contributed by atoms with Gasteiger partial charge in [-0.15, -0.1) is 0 Å². The van der Waals surface area contributed by atoms with Crippen molar-refractivity contribution in [2.75, 3.05) is 39.4 Å². The lowest BCUT2D eigenvalue weighted by Gasteiger charge is -2.36. The van der Waals surface area contributed by atoms with Crippen LogP contribution in [0.5, 0.6) is 0 Å². The van der Waals surface area contributed by atoms with Gasteiger partial charge in [-0.3, -0.25) is 4.90 Å². The molecule has 0 saturated carbocycles. The van der Waals surface area contributed by atoms with Crippen LogP contribution in [-0.4, -0.2) is 54.4 Å². The summed E-state index contributed by atoms with van der Waals surface area (Å²) in [6.45, 7) is 5.66. The Morgan fingerprint density at radius 3 is 2.83 bits per heavy atom. The molecular formula is C18H24N4O2. The molecule has 0 bridgehead atoms. The standard InChI is InChI=1S/C18H24N4O2/c1-2-4-15(5-3-1)17-20-18(24-21-17)16-13-23-11-10-22(16)12-14-6-8-19-9-7-14/h1-5,14,16,19H,6-13H2. The zero-order valence-electron chi connectivity index (χ0n) is 13.9. The van der Waals surface area contributed by atoms with Gasteiger partial charge in [0.15, 0.2) is 0 Å². The van der Waals surface area contributed by atoms with Crippen molar-refractivity contribution in [3.63, 3.8) is 0 Å². The number of benzene rings is 1. The molecule has 2 saturated heterocycles. The molecule has 128 valence electrons. The first-order chi connectivity index (χ1) is 11.9. The van der Waals surface area contributed by atoms with Gasteiger partial charge in [0.25, 0.3) is 0 Å². The van der Waals surface area contributed by atoms with Crippen LogP contribution in [-0.2, 0) is 4.74 Å². The van der Waals surface area contributed by atoms with Gasteiger partial charge in [0.1, 0.15) is 6.04 Å². The van der Waals surface area contributed by atoms with Crippen molar-refractivity contribution in [3.05, 3.63) is 36.2 Å². The summed E-state index contributed by atoms with van der Waals surface area (Å²) in [6, 6.07) is 10.0. The van der Waals surface area contributed by atoms with Crippen LogP contribution in [0.4, 0.5) is 0 Å². The Balaban J connectivity index is 1.49. The Hall–Kier alpha value is -1.76. The van der Waals surface area contributed by atoms with E-state index < -0.39 is 0 Å². The van der Waals surface area contributed by atoms with Crippen LogP contribution in [0.2, 0.25) is 0 Å². The number of hydrogen-bond donors (Lipinski definition) is 1. The van der Waals surface area contributed by atoms with E-state index in [1.165, 1.54) is 12.8 Å². The van der Waals surface area contributed by atoms with Crippen molar-refractivity contribution in [1.82, 2.24) is 20.4 Å². The number of aromatic nitrogens is 2. The van der Waals surface area contributed by atoms with Gasteiger partial charge in [0, 0.05) is 18.7 Å². The average molecular weight is 328 g/mol. The third kappa shape index (κ3) is 3.50. The summed E-state index contributed by atoms with van der Waals surface area (Å²) in [5, 5.41) is 7.60. The van der Waals surface area contributed by atoms with E-state index in [9.17, 15) is 0 Å². The number of piperidine rings is 1. The number of hydrogen-bond acceptors (Lipinski definition) is 6. The maximum Gasteiger partial charge on any atom is 0.246 e. The SMILES string of the molecule is c1ccc(-c2noc(C3COCCN3CC3CCNCC3)n2)cc1. The van der Waals surface area contributed by atoms with Crippen LogP contribution in [0.25, 0.3) is 11.4 Å². The van der Waals surface area contributed by atoms with Gasteiger partial charge in [-0.25, -0.2) is 0 Å². The van der Waals surface area contributed by atoms with E-state index in [0.29, 0.717) is 18.3 Å². The molecule has 0 radical (unpaired) electrons. The summed E-state index contributed by atoms with van der Waals surface area (Å²) < 4.78 is 11.3. The van der Waals surface area contributed by atoms with E-state index in [4.69, 9.17) is 9.26 Å². The minimum Gasteiger partial charge on any atom is -0.378 e. The molecule has 2 aliphatic heterocycles. The molecule has 2 aromatic rings. The molecule has 1 N–H and O–H groups in total. The molecule has 3 heterocycles. The Kier molecular flexibility index (Phi) is 4.87. The maximum atomic E-state index is 5.69. The third-order valence-corrected chi connectivity index (χ3v) is 4.95. The fraction of sp³-hybridized carbons (Fsp3) is 0.556. The van der Waals surface area contributed by atoms with Gasteiger partial charge in [0.2, 0.25) is 11.7 Å². The topological polar surface area (TPSA) is 63.4 Å². The molecule has 6 heteroatoms. The molecule has 2 aliphatic rings. The minimum atomic E-state index is 0.0681. The van der Waals surface area contributed by atoms with Crippen LogP contribution in [0.15, 0.2) is 34.9 Å². The molecule has 4 rings (SSSR count). The Labute approximate surface area is 142 Å². The minimum absolute atomic E-state index is 0.0681. The van der Waals surface area contributed by atoms with Crippen molar-refractivity contribution in [2.45, 2.75) is 18.9 Å². The van der Waals surface area contributed by atoms with Crippen molar-refractivity contribution in [1.29, 1.82) is 0 Å². The highest BCUT2D eigenvalue weighted by Gasteiger charge is 2.31. The van der Waals surface area contributed by atoms with E-state index >= 15 is 0 Å². The quantitative estimate of drug-likeness (QED) is 0.927. The van der Waals surface area contributed by atoms with E-state index in [2.05, 4.69) is 20.4 Å². The second-order valence-electron chi connectivity index (χ2n) is 6.60. The predicted molar refractivity (Wildman–Crippen MR) is 90.5 cm³/mol. The smallest absolute Gasteiger partial charge is 0.246 e. The van der Waals surface area contributed by atoms with Crippen molar-refractivity contribution in [2.24, 2.45) is 5.92 Å². The monoisotopic (exact) mass is 328 g/mol. The largest absolute Gasteiger partial charge is 0.378 e. The summed E-state index contributed by atoms with van der Waals surface area (Å²) in [7, 11) is 0. The van der Waals surface area contributed by atoms with Gasteiger partial charge >= 0.3 is 0 Å². The molecule has 6 nitrogen and oxygen atoms in total. The molecule has 1 aromatic heterocycles. The molecule has 0 spiro atoms. The lowest BCUT2D eigenvalue weighted by Crippen LogP contribution is -2.44. The molecule has 0 amide bonds. The van der Waals surface area contributed by atoms with Gasteiger partial charge in [0.05, 0.1) is 13.2 Å². The number of nitrogens with one attached hydrogen (secondary N) is 1. The maximum absolute atomic E-state index is 5.69. The summed E-state index contributed by atoms with van der Waals surface area (Å²) in [6.07, 6.45) is 2.48. The highest BCUT2D eigenvalue weighted by molar-refractivity contribution is 5.53. The van der Waals surface area contributed by atoms with Crippen molar-refractivity contribution >= 4 is 0 Å². The lowest BCUT2D eigenvalue weighted by molar-refractivity contribution is -0.0282. The molecular weight excluding hydrogens is 304 g/mol. The zero-order chi connectivity index (χ0) is 16.2. The predicted octanol–water partition coefficient (Wildman–Crippen LogP) is 2.11. The number of nitrogens with zero attached hydrogens (tertiary/aromatic N) is 3. The molecule has 1 aromatic carbocycles. The summed E-state index contributed by atoms with van der Waals surface area (Å²) in [5.41, 5.74) is 0.981. The molecule has 1 unspecified atom stereocenters. The van der Waals surface area contributed by atoms with Crippen LogP contribution >= 0.6 is 0 Å². The molecule has 2 fully saturated rings. The Morgan fingerprint density at radius 1 is 1.17 bits per heavy atom. The summed E-state index contributed by atoms with van der Waals surface area (Å²) in [5.74, 6) is 2.06. The summed E-state index contributed by atoms with van der Waals surface area (Å²) >= 11 is 0. The van der Waals surface area contributed by atoms with Crippen molar-refractivity contribution < 1.29 is 9.26 Å². The Morgan fingerprint density at radius 2 is 2.00 bits per heavy atom. The molecule has 1 atom stereocenters. The van der Waals surface area contributed by atoms with E-state index in [1.54, 1.807) is 0 Å². The van der Waals surface area contributed by atoms with Crippen LogP contribution in [0.3, 0.4) is 0 Å². The number of rotatable bonds is 4. The van der Waals surface area contributed by atoms with E-state index in [-0.39, 0.29) is 6.04 Å². The second-order valence-corrected chi connectivity index (χ2v) is 6.60.